The van der Waals surface area contributed by atoms with Crippen LogP contribution >= 0.6 is 11.6 Å². The van der Waals surface area contributed by atoms with Gasteiger partial charge in [-0.25, -0.2) is 0 Å². The molecule has 0 aliphatic rings. The fourth-order valence-electron chi connectivity index (χ4n) is 2.10. The molecule has 1 aromatic carbocycles. The van der Waals surface area contributed by atoms with Crippen LogP contribution in [0.15, 0.2) is 24.3 Å². The van der Waals surface area contributed by atoms with Gasteiger partial charge >= 0.3 is 11.9 Å². The minimum atomic E-state index is -1.24. The number of carbonyl (C=O) groups is 3. The van der Waals surface area contributed by atoms with Crippen LogP contribution in [0.2, 0.25) is 5.02 Å². The first kappa shape index (κ1) is 19.9. The van der Waals surface area contributed by atoms with E-state index < -0.39 is 29.9 Å². The van der Waals surface area contributed by atoms with E-state index in [1.807, 2.05) is 13.8 Å². The van der Waals surface area contributed by atoms with Gasteiger partial charge in [-0.3, -0.25) is 19.7 Å². The number of carboxylic acids is 2. The Morgan fingerprint density at radius 2 is 1.75 bits per heavy atom. The summed E-state index contributed by atoms with van der Waals surface area (Å²) in [7, 11) is 0. The molecule has 0 aliphatic carbocycles. The first-order chi connectivity index (χ1) is 11.2. The van der Waals surface area contributed by atoms with Crippen LogP contribution in [-0.4, -0.2) is 46.7 Å². The fourth-order valence-corrected chi connectivity index (χ4v) is 2.29. The lowest BCUT2D eigenvalue weighted by atomic mass is 10.0. The van der Waals surface area contributed by atoms with Gasteiger partial charge in [0.2, 0.25) is 0 Å². The van der Waals surface area contributed by atoms with Crippen LogP contribution in [-0.2, 0) is 9.59 Å². The number of halogens is 1. The Balaban J connectivity index is 2.70. The minimum absolute atomic E-state index is 0.0779. The second-order valence-electron chi connectivity index (χ2n) is 5.80. The predicted molar refractivity (Wildman–Crippen MR) is 89.2 cm³/mol. The highest BCUT2D eigenvalue weighted by molar-refractivity contribution is 6.30. The van der Waals surface area contributed by atoms with E-state index in [2.05, 4.69) is 10.6 Å². The van der Waals surface area contributed by atoms with Crippen molar-refractivity contribution >= 4 is 29.4 Å². The van der Waals surface area contributed by atoms with Crippen LogP contribution in [0, 0.1) is 5.92 Å². The molecule has 0 fully saturated rings. The van der Waals surface area contributed by atoms with Gasteiger partial charge < -0.3 is 15.5 Å². The number of hydrogen-bond donors (Lipinski definition) is 4. The van der Waals surface area contributed by atoms with Crippen molar-refractivity contribution in [2.45, 2.75) is 32.4 Å². The molecule has 0 radical (unpaired) electrons. The summed E-state index contributed by atoms with van der Waals surface area (Å²) < 4.78 is 0. The highest BCUT2D eigenvalue weighted by Crippen LogP contribution is 2.10. The third-order valence-corrected chi connectivity index (χ3v) is 3.49. The standard InChI is InChI=1S/C16H21ClN2O5/c1-9(2)6-12(15(21)22)19-13(16(23)24)8-18-14(20)10-4-3-5-11(17)7-10/h3-5,7,9,12-13,19H,6,8H2,1-2H3,(H,18,20)(H,21,22)(H,23,24)/t12-,13?/m0/s1. The molecule has 1 amide bonds. The lowest BCUT2D eigenvalue weighted by molar-refractivity contribution is -0.142. The first-order valence-electron chi connectivity index (χ1n) is 7.46. The molecule has 0 saturated heterocycles. The minimum Gasteiger partial charge on any atom is -0.480 e. The first-order valence-corrected chi connectivity index (χ1v) is 7.84. The van der Waals surface area contributed by atoms with Crippen molar-refractivity contribution in [1.82, 2.24) is 10.6 Å². The maximum absolute atomic E-state index is 12.0. The number of benzene rings is 1. The molecule has 2 atom stereocenters. The van der Waals surface area contributed by atoms with Crippen molar-refractivity contribution in [1.29, 1.82) is 0 Å². The normalized spacial score (nSPS) is 13.3. The van der Waals surface area contributed by atoms with Gasteiger partial charge in [0.15, 0.2) is 0 Å². The summed E-state index contributed by atoms with van der Waals surface area (Å²) in [6.07, 6.45) is 0.279. The Morgan fingerprint density at radius 1 is 1.12 bits per heavy atom. The molecule has 1 unspecified atom stereocenters. The Morgan fingerprint density at radius 3 is 2.25 bits per heavy atom. The molecule has 0 aliphatic heterocycles. The summed E-state index contributed by atoms with van der Waals surface area (Å²) in [6, 6.07) is 4.00. The SMILES string of the molecule is CC(C)C[C@H](NC(CNC(=O)c1cccc(Cl)c1)C(=O)O)C(=O)O. The van der Waals surface area contributed by atoms with Crippen LogP contribution in [0.5, 0.6) is 0 Å². The second-order valence-corrected chi connectivity index (χ2v) is 6.23. The van der Waals surface area contributed by atoms with E-state index >= 15 is 0 Å². The fraction of sp³-hybridized carbons (Fsp3) is 0.438. The summed E-state index contributed by atoms with van der Waals surface area (Å²) >= 11 is 5.80. The molecule has 24 heavy (non-hydrogen) atoms. The summed E-state index contributed by atoms with van der Waals surface area (Å²) in [4.78, 5) is 34.6. The summed E-state index contributed by atoms with van der Waals surface area (Å²) in [5.41, 5.74) is 0.295. The highest BCUT2D eigenvalue weighted by Gasteiger charge is 2.27. The Bertz CT molecular complexity index is 606. The van der Waals surface area contributed by atoms with Crippen molar-refractivity contribution in [3.05, 3.63) is 34.9 Å². The predicted octanol–water partition coefficient (Wildman–Crippen LogP) is 1.61. The van der Waals surface area contributed by atoms with Crippen molar-refractivity contribution < 1.29 is 24.6 Å². The molecular formula is C16H21ClN2O5. The maximum atomic E-state index is 12.0. The van der Waals surface area contributed by atoms with E-state index in [0.29, 0.717) is 10.6 Å². The van der Waals surface area contributed by atoms with E-state index in [-0.39, 0.29) is 18.9 Å². The monoisotopic (exact) mass is 356 g/mol. The molecule has 0 saturated carbocycles. The van der Waals surface area contributed by atoms with Crippen LogP contribution in [0.4, 0.5) is 0 Å². The number of carbonyl (C=O) groups excluding carboxylic acids is 1. The van der Waals surface area contributed by atoms with E-state index in [1.54, 1.807) is 18.2 Å². The molecule has 0 heterocycles. The van der Waals surface area contributed by atoms with Gasteiger partial charge in [-0.1, -0.05) is 31.5 Å². The zero-order valence-electron chi connectivity index (χ0n) is 13.5. The molecule has 132 valence electrons. The van der Waals surface area contributed by atoms with Gasteiger partial charge in [0.05, 0.1) is 0 Å². The van der Waals surface area contributed by atoms with Gasteiger partial charge in [0.25, 0.3) is 5.91 Å². The van der Waals surface area contributed by atoms with E-state index in [1.165, 1.54) is 6.07 Å². The summed E-state index contributed by atoms with van der Waals surface area (Å²) in [5.74, 6) is -2.78. The number of aliphatic carboxylic acids is 2. The number of rotatable bonds is 9. The summed E-state index contributed by atoms with van der Waals surface area (Å²) in [5, 5.41) is 23.8. The second kappa shape index (κ2) is 9.24. The molecule has 7 nitrogen and oxygen atoms in total. The zero-order chi connectivity index (χ0) is 18.3. The molecule has 1 aromatic rings. The molecule has 1 rings (SSSR count). The van der Waals surface area contributed by atoms with Crippen LogP contribution in [0.25, 0.3) is 0 Å². The third-order valence-electron chi connectivity index (χ3n) is 3.26. The molecule has 4 N–H and O–H groups in total. The molecule has 0 aromatic heterocycles. The van der Waals surface area contributed by atoms with Crippen molar-refractivity contribution in [2.24, 2.45) is 5.92 Å². The van der Waals surface area contributed by atoms with Gasteiger partial charge in [-0.15, -0.1) is 0 Å². The van der Waals surface area contributed by atoms with Crippen molar-refractivity contribution in [3.63, 3.8) is 0 Å². The largest absolute Gasteiger partial charge is 0.480 e. The molecule has 0 bridgehead atoms. The quantitative estimate of drug-likeness (QED) is 0.534. The van der Waals surface area contributed by atoms with Crippen molar-refractivity contribution in [3.8, 4) is 0 Å². The topological polar surface area (TPSA) is 116 Å². The average Bonchev–Trinajstić information content (AvgIpc) is 2.48. The Kier molecular flexibility index (Phi) is 7.67. The van der Waals surface area contributed by atoms with Gasteiger partial charge in [-0.05, 0) is 30.5 Å². The Labute approximate surface area is 145 Å². The maximum Gasteiger partial charge on any atom is 0.322 e. The molecule has 8 heteroatoms. The lowest BCUT2D eigenvalue weighted by Crippen LogP contribution is -2.52. The lowest BCUT2D eigenvalue weighted by Gasteiger charge is -2.22. The van der Waals surface area contributed by atoms with Gasteiger partial charge in [0.1, 0.15) is 12.1 Å². The third kappa shape index (κ3) is 6.55. The smallest absolute Gasteiger partial charge is 0.322 e. The molecular weight excluding hydrogens is 336 g/mol. The highest BCUT2D eigenvalue weighted by atomic mass is 35.5. The van der Waals surface area contributed by atoms with E-state index in [9.17, 15) is 24.6 Å². The summed E-state index contributed by atoms with van der Waals surface area (Å²) in [6.45, 7) is 3.44. The number of amides is 1. The number of hydrogen-bond acceptors (Lipinski definition) is 4. The van der Waals surface area contributed by atoms with E-state index in [4.69, 9.17) is 11.6 Å². The van der Waals surface area contributed by atoms with Crippen LogP contribution in [0.1, 0.15) is 30.6 Å². The van der Waals surface area contributed by atoms with Crippen LogP contribution < -0.4 is 10.6 Å². The van der Waals surface area contributed by atoms with Gasteiger partial charge in [-0.2, -0.15) is 0 Å². The Hall–Kier alpha value is -2.12. The van der Waals surface area contributed by atoms with Gasteiger partial charge in [0, 0.05) is 17.1 Å². The van der Waals surface area contributed by atoms with E-state index in [0.717, 1.165) is 0 Å². The average molecular weight is 357 g/mol. The van der Waals surface area contributed by atoms with Crippen LogP contribution in [0.3, 0.4) is 0 Å². The number of nitrogens with one attached hydrogen (secondary N) is 2. The molecule has 0 spiro atoms. The van der Waals surface area contributed by atoms with Crippen molar-refractivity contribution in [2.75, 3.05) is 6.54 Å². The number of carboxylic acid groups (broad SMARTS) is 2. The zero-order valence-corrected chi connectivity index (χ0v) is 14.2.